The van der Waals surface area contributed by atoms with E-state index in [2.05, 4.69) is 15.4 Å². The minimum atomic E-state index is 0. The molecule has 0 aromatic carbocycles. The van der Waals surface area contributed by atoms with E-state index in [1.165, 1.54) is 0 Å². The third-order valence-corrected chi connectivity index (χ3v) is 0. The van der Waals surface area contributed by atoms with E-state index in [0.29, 0.717) is 0 Å². The van der Waals surface area contributed by atoms with Crippen molar-refractivity contribution < 1.29 is 91.4 Å². The van der Waals surface area contributed by atoms with Crippen molar-refractivity contribution in [3.05, 3.63) is 0 Å². The van der Waals surface area contributed by atoms with Gasteiger partial charge in [0.1, 0.15) is 0 Å². The predicted octanol–water partition coefficient (Wildman–Crippen LogP) is -0.720. The second-order valence-electron chi connectivity index (χ2n) is 0. The summed E-state index contributed by atoms with van der Waals surface area (Å²) in [6.45, 7) is 0. The second kappa shape index (κ2) is 284. The van der Waals surface area contributed by atoms with Gasteiger partial charge in [-0.25, -0.2) is 0 Å². The van der Waals surface area contributed by atoms with Crippen LogP contribution in [0.1, 0.15) is 0 Å². The Kier molecular flexibility index (Phi) is 4620. The molecule has 0 aromatic heterocycles. The van der Waals surface area contributed by atoms with Crippen LogP contribution in [-0.2, 0) is 91.4 Å². The molecule has 0 spiro atoms. The standard InChI is InChI=1S/2Nb.Ni.6O/q2*+5;;;5*-2. The maximum atomic E-state index is 7.88. The van der Waals surface area contributed by atoms with Gasteiger partial charge in [-0.1, -0.05) is 0 Å². The molecule has 0 aliphatic carbocycles. The minimum absolute atomic E-state index is 0. The van der Waals surface area contributed by atoms with Crippen molar-refractivity contribution in [2.45, 2.75) is 0 Å². The van der Waals surface area contributed by atoms with Crippen molar-refractivity contribution in [3.63, 3.8) is 0 Å². The third-order valence-electron chi connectivity index (χ3n) is 0. The molecule has 0 aromatic rings. The van der Waals surface area contributed by atoms with Gasteiger partial charge in [-0.3, -0.25) is 0 Å². The van der Waals surface area contributed by atoms with Crippen molar-refractivity contribution >= 4 is 0 Å². The van der Waals surface area contributed by atoms with Gasteiger partial charge in [-0.15, -0.1) is 0 Å². The molecule has 6 nitrogen and oxygen atoms in total. The molecule has 0 heterocycles. The van der Waals surface area contributed by atoms with E-state index in [0.717, 1.165) is 0 Å². The van der Waals surface area contributed by atoms with E-state index in [-0.39, 0.29) is 72.1 Å². The van der Waals surface area contributed by atoms with E-state index in [4.69, 9.17) is 3.90 Å². The summed E-state index contributed by atoms with van der Waals surface area (Å²) >= 11 is 2.62. The van der Waals surface area contributed by atoms with Crippen LogP contribution in [-0.4, -0.2) is 0 Å². The van der Waals surface area contributed by atoms with Crippen LogP contribution in [0.3, 0.4) is 0 Å². The molecule has 0 atom stereocenters. The first kappa shape index (κ1) is 146. The van der Waals surface area contributed by atoms with Gasteiger partial charge >= 0.3 is 64.0 Å². The van der Waals surface area contributed by atoms with Crippen molar-refractivity contribution in [2.24, 2.45) is 0 Å². The molecule has 0 rings (SSSR count). The van der Waals surface area contributed by atoms with E-state index in [9.17, 15) is 0 Å². The Bertz CT molecular complexity index is 11.0. The van der Waals surface area contributed by atoms with Gasteiger partial charge in [-0.05, 0) is 0 Å². The molecule has 0 saturated heterocycles. The van der Waals surface area contributed by atoms with Gasteiger partial charge in [-0.2, -0.15) is 0 Å². The van der Waals surface area contributed by atoms with Gasteiger partial charge in [0.15, 0.2) is 0 Å². The van der Waals surface area contributed by atoms with Gasteiger partial charge in [0.25, 0.3) is 0 Å². The molecule has 9 heavy (non-hydrogen) atoms. The summed E-state index contributed by atoms with van der Waals surface area (Å²) < 4.78 is 7.88. The van der Waals surface area contributed by atoms with Crippen molar-refractivity contribution in [1.29, 1.82) is 0 Å². The summed E-state index contributed by atoms with van der Waals surface area (Å²) in [4.78, 5) is 0. The number of hydrogen-bond donors (Lipinski definition) is 0. The first-order valence-electron chi connectivity index (χ1n) is 0.129. The molecule has 0 radical (unpaired) electrons. The SMILES string of the molecule is [Nb+5].[Nb+5].[O-2].[O-2].[O-2].[O-2].[O-2].[O]=[Ni]. The number of hydrogen-bond acceptors (Lipinski definition) is 1. The fourth-order valence-corrected chi connectivity index (χ4v) is 0. The first-order valence-corrected chi connectivity index (χ1v) is 0.532. The molecule has 0 bridgehead atoms. The summed E-state index contributed by atoms with van der Waals surface area (Å²) in [6.07, 6.45) is 0. The van der Waals surface area contributed by atoms with Crippen molar-refractivity contribution in [2.75, 3.05) is 0 Å². The molecular formula is Nb2NiO6. The Morgan fingerprint density at radius 2 is 0.556 bits per heavy atom. The zero-order chi connectivity index (χ0) is 2.00. The second-order valence-corrected chi connectivity index (χ2v) is 0. The van der Waals surface area contributed by atoms with Crippen LogP contribution < -0.4 is 0 Å². The van der Waals surface area contributed by atoms with Crippen LogP contribution in [0.25, 0.3) is 0 Å². The molecule has 0 fully saturated rings. The molecule has 0 aliphatic heterocycles. The average molecular weight is 340 g/mol. The van der Waals surface area contributed by atoms with E-state index in [1.54, 1.807) is 0 Å². The van der Waals surface area contributed by atoms with Crippen LogP contribution in [0.4, 0.5) is 0 Å². The molecule has 0 amide bonds. The quantitative estimate of drug-likeness (QED) is 0.523. The van der Waals surface area contributed by atoms with E-state index in [1.807, 2.05) is 0 Å². The van der Waals surface area contributed by atoms with Crippen LogP contribution in [0.5, 0.6) is 0 Å². The molecule has 0 N–H and O–H groups in total. The molecule has 0 saturated carbocycles. The fourth-order valence-electron chi connectivity index (χ4n) is 0. The van der Waals surface area contributed by atoms with Crippen LogP contribution in [0.15, 0.2) is 0 Å². The normalized spacial score (nSPS) is 0.667. The van der Waals surface area contributed by atoms with Crippen LogP contribution >= 0.6 is 0 Å². The molecule has 0 unspecified atom stereocenters. The van der Waals surface area contributed by atoms with Gasteiger partial charge in [0, 0.05) is 0 Å². The van der Waals surface area contributed by atoms with E-state index < -0.39 is 0 Å². The van der Waals surface area contributed by atoms with Gasteiger partial charge in [0.05, 0.1) is 0 Å². The Hall–Kier alpha value is 1.57. The molecular weight excluding hydrogens is 340 g/mol. The summed E-state index contributed by atoms with van der Waals surface area (Å²) in [5.74, 6) is 0. The van der Waals surface area contributed by atoms with E-state index >= 15 is 0 Å². The van der Waals surface area contributed by atoms with Crippen LogP contribution in [0.2, 0.25) is 0 Å². The third kappa shape index (κ3) is 222. The topological polar surface area (TPSA) is 160 Å². The van der Waals surface area contributed by atoms with Crippen molar-refractivity contribution in [3.8, 4) is 0 Å². The van der Waals surface area contributed by atoms with Gasteiger partial charge < -0.3 is 27.4 Å². The van der Waals surface area contributed by atoms with Crippen molar-refractivity contribution in [1.82, 2.24) is 0 Å². The first-order chi connectivity index (χ1) is 1.00. The fraction of sp³-hybridized carbons (Fsp3) is 0. The maximum absolute atomic E-state index is 7.88. The Balaban J connectivity index is -0.000000000238. The average Bonchev–Trinajstić information content (AvgIpc) is 1.00. The summed E-state index contributed by atoms with van der Waals surface area (Å²) in [5.41, 5.74) is 0. The zero-order valence-corrected chi connectivity index (χ0v) is 9.04. The summed E-state index contributed by atoms with van der Waals surface area (Å²) in [5, 5.41) is 0. The molecule has 0 aliphatic rings. The number of rotatable bonds is 0. The van der Waals surface area contributed by atoms with Gasteiger partial charge in [0.2, 0.25) is 0 Å². The monoisotopic (exact) mass is 340 g/mol. The summed E-state index contributed by atoms with van der Waals surface area (Å²) in [6, 6.07) is 0. The predicted molar refractivity (Wildman–Crippen MR) is 4.12 cm³/mol. The summed E-state index contributed by atoms with van der Waals surface area (Å²) in [7, 11) is 0. The Labute approximate surface area is 90.9 Å². The molecule has 56 valence electrons. The Morgan fingerprint density at radius 1 is 0.556 bits per heavy atom. The zero-order valence-electron chi connectivity index (χ0n) is 3.66. The Morgan fingerprint density at radius 3 is 0.556 bits per heavy atom. The molecule has 9 heteroatoms. The van der Waals surface area contributed by atoms with Crippen LogP contribution in [0, 0.1) is 0 Å².